The Kier molecular flexibility index (Phi) is 1.54. The molecular weight excluding hydrogens is 158 g/mol. The number of nitrogens with zero attached hydrogens (tertiary/aromatic N) is 3. The molecule has 0 bridgehead atoms. The molecule has 0 atom stereocenters. The van der Waals surface area contributed by atoms with Gasteiger partial charge in [0.05, 0.1) is 11.9 Å². The van der Waals surface area contributed by atoms with Gasteiger partial charge in [-0.25, -0.2) is 9.97 Å². The number of aromatic nitrogens is 3. The fraction of sp³-hybridized carbons (Fsp3) is 0.143. The Balaban J connectivity index is 2.76. The van der Waals surface area contributed by atoms with Crippen molar-refractivity contribution in [2.45, 2.75) is 5.75 Å². The third-order valence-corrected chi connectivity index (χ3v) is 1.85. The Morgan fingerprint density at radius 2 is 2.36 bits per heavy atom. The molecule has 2 aromatic heterocycles. The number of fused-ring (bicyclic) bond motifs is 1. The lowest BCUT2D eigenvalue weighted by Crippen LogP contribution is -1.89. The molecular formula is C7H7N3S. The quantitative estimate of drug-likeness (QED) is 0.643. The molecule has 4 heteroatoms. The lowest BCUT2D eigenvalue weighted by atomic mass is 10.5. The summed E-state index contributed by atoms with van der Waals surface area (Å²) in [5, 5.41) is 0. The van der Waals surface area contributed by atoms with Gasteiger partial charge in [-0.15, -0.1) is 0 Å². The van der Waals surface area contributed by atoms with Crippen molar-refractivity contribution >= 4 is 18.4 Å². The van der Waals surface area contributed by atoms with Crippen molar-refractivity contribution in [1.29, 1.82) is 0 Å². The van der Waals surface area contributed by atoms with Crippen LogP contribution in [-0.2, 0) is 5.75 Å². The molecule has 0 aliphatic heterocycles. The first-order valence-corrected chi connectivity index (χ1v) is 3.93. The summed E-state index contributed by atoms with van der Waals surface area (Å²) in [7, 11) is 0. The average Bonchev–Trinajstić information content (AvgIpc) is 2.47. The van der Waals surface area contributed by atoms with Gasteiger partial charge in [-0.3, -0.25) is 4.40 Å². The highest BCUT2D eigenvalue weighted by atomic mass is 32.1. The van der Waals surface area contributed by atoms with E-state index >= 15 is 0 Å². The van der Waals surface area contributed by atoms with Crippen LogP contribution in [0, 0.1) is 0 Å². The highest BCUT2D eigenvalue weighted by Crippen LogP contribution is 2.04. The third kappa shape index (κ3) is 0.991. The minimum absolute atomic E-state index is 0.687. The molecule has 2 rings (SSSR count). The first-order valence-electron chi connectivity index (χ1n) is 3.29. The Bertz CT molecular complexity index is 368. The van der Waals surface area contributed by atoms with E-state index in [1.807, 2.05) is 16.7 Å². The Labute approximate surface area is 69.5 Å². The Morgan fingerprint density at radius 3 is 3.18 bits per heavy atom. The number of rotatable bonds is 1. The van der Waals surface area contributed by atoms with Gasteiger partial charge in [0.15, 0.2) is 0 Å². The SMILES string of the molecule is SCc1cnc2ncccn12. The summed E-state index contributed by atoms with van der Waals surface area (Å²) in [6, 6.07) is 1.88. The second kappa shape index (κ2) is 2.54. The molecule has 2 heterocycles. The van der Waals surface area contributed by atoms with Crippen LogP contribution in [0.1, 0.15) is 5.69 Å². The highest BCUT2D eigenvalue weighted by molar-refractivity contribution is 7.79. The van der Waals surface area contributed by atoms with E-state index in [1.165, 1.54) is 0 Å². The Hall–Kier alpha value is -1.03. The van der Waals surface area contributed by atoms with Gasteiger partial charge in [0.25, 0.3) is 0 Å². The minimum Gasteiger partial charge on any atom is -0.287 e. The van der Waals surface area contributed by atoms with E-state index in [2.05, 4.69) is 22.6 Å². The van der Waals surface area contributed by atoms with E-state index < -0.39 is 0 Å². The number of hydrogen-bond acceptors (Lipinski definition) is 3. The molecule has 56 valence electrons. The first kappa shape index (κ1) is 6.67. The molecule has 0 N–H and O–H groups in total. The number of hydrogen-bond donors (Lipinski definition) is 1. The summed E-state index contributed by atoms with van der Waals surface area (Å²) >= 11 is 4.16. The summed E-state index contributed by atoms with van der Waals surface area (Å²) in [6.07, 6.45) is 5.45. The van der Waals surface area contributed by atoms with E-state index in [-0.39, 0.29) is 0 Å². The summed E-state index contributed by atoms with van der Waals surface area (Å²) in [5.74, 6) is 1.42. The van der Waals surface area contributed by atoms with Crippen LogP contribution in [0.4, 0.5) is 0 Å². The second-order valence-electron chi connectivity index (χ2n) is 2.20. The van der Waals surface area contributed by atoms with Crippen molar-refractivity contribution in [1.82, 2.24) is 14.4 Å². The van der Waals surface area contributed by atoms with Gasteiger partial charge in [0.2, 0.25) is 5.78 Å². The lowest BCUT2D eigenvalue weighted by molar-refractivity contribution is 1.05. The molecule has 11 heavy (non-hydrogen) atoms. The average molecular weight is 165 g/mol. The maximum Gasteiger partial charge on any atom is 0.233 e. The first-order chi connectivity index (χ1) is 5.42. The zero-order valence-electron chi connectivity index (χ0n) is 5.81. The normalized spacial score (nSPS) is 10.6. The van der Waals surface area contributed by atoms with Gasteiger partial charge in [-0.1, -0.05) is 0 Å². The van der Waals surface area contributed by atoms with Gasteiger partial charge < -0.3 is 0 Å². The molecule has 0 radical (unpaired) electrons. The molecule has 0 aromatic carbocycles. The largest absolute Gasteiger partial charge is 0.287 e. The van der Waals surface area contributed by atoms with Crippen LogP contribution in [0.25, 0.3) is 5.78 Å². The highest BCUT2D eigenvalue weighted by Gasteiger charge is 1.98. The molecule has 0 spiro atoms. The fourth-order valence-corrected chi connectivity index (χ4v) is 1.23. The van der Waals surface area contributed by atoms with Crippen LogP contribution in [0.15, 0.2) is 24.7 Å². The van der Waals surface area contributed by atoms with E-state index in [0.29, 0.717) is 5.75 Å². The summed E-state index contributed by atoms with van der Waals surface area (Å²) in [4.78, 5) is 8.16. The van der Waals surface area contributed by atoms with Crippen molar-refractivity contribution in [3.8, 4) is 0 Å². The molecule has 0 fully saturated rings. The van der Waals surface area contributed by atoms with Crippen molar-refractivity contribution in [2.75, 3.05) is 0 Å². The molecule has 0 unspecified atom stereocenters. The maximum absolute atomic E-state index is 4.16. The van der Waals surface area contributed by atoms with E-state index in [1.54, 1.807) is 12.4 Å². The predicted molar refractivity (Wildman–Crippen MR) is 45.7 cm³/mol. The smallest absolute Gasteiger partial charge is 0.233 e. The van der Waals surface area contributed by atoms with E-state index in [9.17, 15) is 0 Å². The van der Waals surface area contributed by atoms with Gasteiger partial charge in [-0.05, 0) is 6.07 Å². The molecule has 0 amide bonds. The van der Waals surface area contributed by atoms with Crippen molar-refractivity contribution < 1.29 is 0 Å². The van der Waals surface area contributed by atoms with Gasteiger partial charge >= 0.3 is 0 Å². The van der Waals surface area contributed by atoms with Crippen molar-refractivity contribution in [3.63, 3.8) is 0 Å². The van der Waals surface area contributed by atoms with Crippen LogP contribution in [0.5, 0.6) is 0 Å². The van der Waals surface area contributed by atoms with Crippen LogP contribution >= 0.6 is 12.6 Å². The van der Waals surface area contributed by atoms with Crippen LogP contribution in [0.2, 0.25) is 0 Å². The van der Waals surface area contributed by atoms with Gasteiger partial charge in [0, 0.05) is 18.1 Å². The van der Waals surface area contributed by atoms with Crippen LogP contribution in [0.3, 0.4) is 0 Å². The lowest BCUT2D eigenvalue weighted by Gasteiger charge is -1.93. The summed E-state index contributed by atoms with van der Waals surface area (Å²) < 4.78 is 1.92. The van der Waals surface area contributed by atoms with Crippen LogP contribution in [-0.4, -0.2) is 14.4 Å². The Morgan fingerprint density at radius 1 is 1.45 bits per heavy atom. The van der Waals surface area contributed by atoms with Crippen molar-refractivity contribution in [2.24, 2.45) is 0 Å². The van der Waals surface area contributed by atoms with Gasteiger partial charge in [0.1, 0.15) is 0 Å². The number of thiol groups is 1. The second-order valence-corrected chi connectivity index (χ2v) is 2.51. The third-order valence-electron chi connectivity index (χ3n) is 1.53. The predicted octanol–water partition coefficient (Wildman–Crippen LogP) is 1.16. The fourth-order valence-electron chi connectivity index (χ4n) is 0.994. The summed E-state index contributed by atoms with van der Waals surface area (Å²) in [5.41, 5.74) is 1.07. The summed E-state index contributed by atoms with van der Waals surface area (Å²) in [6.45, 7) is 0. The molecule has 0 saturated heterocycles. The molecule has 2 aromatic rings. The molecule has 0 aliphatic carbocycles. The molecule has 3 nitrogen and oxygen atoms in total. The van der Waals surface area contributed by atoms with Crippen molar-refractivity contribution in [3.05, 3.63) is 30.4 Å². The minimum atomic E-state index is 0.687. The standard InChI is InChI=1S/C7H7N3S/c11-5-6-4-9-7-8-2-1-3-10(6)7/h1-4,11H,5H2. The zero-order valence-corrected chi connectivity index (χ0v) is 6.70. The molecule has 0 saturated carbocycles. The van der Waals surface area contributed by atoms with E-state index in [4.69, 9.17) is 0 Å². The molecule has 0 aliphatic rings. The van der Waals surface area contributed by atoms with Gasteiger partial charge in [-0.2, -0.15) is 12.6 Å². The van der Waals surface area contributed by atoms with Crippen LogP contribution < -0.4 is 0 Å². The number of imidazole rings is 1. The monoisotopic (exact) mass is 165 g/mol. The maximum atomic E-state index is 4.16. The van der Waals surface area contributed by atoms with E-state index in [0.717, 1.165) is 11.5 Å². The zero-order chi connectivity index (χ0) is 7.68. The topological polar surface area (TPSA) is 30.2 Å².